The maximum atomic E-state index is 13.7. The van der Waals surface area contributed by atoms with Crippen molar-refractivity contribution in [3.63, 3.8) is 0 Å². The van der Waals surface area contributed by atoms with Crippen LogP contribution in [0.15, 0.2) is 0 Å². The van der Waals surface area contributed by atoms with Gasteiger partial charge in [-0.15, -0.1) is 0 Å². The molecule has 0 aliphatic carbocycles. The number of alkyl halides is 2. The second kappa shape index (κ2) is 5.61. The summed E-state index contributed by atoms with van der Waals surface area (Å²) in [6.07, 6.45) is -0.609. The molecule has 1 heterocycles. The molecule has 0 bridgehead atoms. The van der Waals surface area contributed by atoms with Gasteiger partial charge in [-0.1, -0.05) is 0 Å². The van der Waals surface area contributed by atoms with Crippen LogP contribution in [0.3, 0.4) is 0 Å². The van der Waals surface area contributed by atoms with Crippen LogP contribution in [0.2, 0.25) is 0 Å². The highest BCUT2D eigenvalue weighted by molar-refractivity contribution is 5.68. The minimum absolute atomic E-state index is 0.124. The van der Waals surface area contributed by atoms with Gasteiger partial charge in [-0.25, -0.2) is 13.6 Å². The van der Waals surface area contributed by atoms with Crippen molar-refractivity contribution in [3.8, 4) is 0 Å². The molecule has 1 amide bonds. The van der Waals surface area contributed by atoms with Gasteiger partial charge in [-0.2, -0.15) is 0 Å². The van der Waals surface area contributed by atoms with Crippen LogP contribution in [0.5, 0.6) is 0 Å². The molecule has 1 rings (SSSR count). The molecule has 1 saturated heterocycles. The molecule has 112 valence electrons. The number of carbonyl (C=O) groups excluding carboxylic acids is 1. The molecule has 2 atom stereocenters. The zero-order valence-corrected chi connectivity index (χ0v) is 12.1. The molecule has 4 nitrogen and oxygen atoms in total. The summed E-state index contributed by atoms with van der Waals surface area (Å²) in [5.74, 6) is -3.00. The van der Waals surface area contributed by atoms with Crippen molar-refractivity contribution in [2.75, 3.05) is 13.1 Å². The first kappa shape index (κ1) is 16.1. The summed E-state index contributed by atoms with van der Waals surface area (Å²) in [7, 11) is 0. The summed E-state index contributed by atoms with van der Waals surface area (Å²) >= 11 is 0. The summed E-state index contributed by atoms with van der Waals surface area (Å²) in [5.41, 5.74) is 5.10. The van der Waals surface area contributed by atoms with Crippen LogP contribution >= 0.6 is 0 Å². The van der Waals surface area contributed by atoms with Gasteiger partial charge in [0, 0.05) is 19.0 Å². The van der Waals surface area contributed by atoms with E-state index in [1.165, 1.54) is 0 Å². The van der Waals surface area contributed by atoms with E-state index < -0.39 is 24.2 Å². The summed E-state index contributed by atoms with van der Waals surface area (Å²) in [6.45, 7) is 6.55. The molecule has 0 radical (unpaired) electrons. The van der Waals surface area contributed by atoms with Crippen LogP contribution in [-0.2, 0) is 4.74 Å². The summed E-state index contributed by atoms with van der Waals surface area (Å²) in [5, 5.41) is 0. The van der Waals surface area contributed by atoms with E-state index in [4.69, 9.17) is 10.5 Å². The quantitative estimate of drug-likeness (QED) is 0.802. The fourth-order valence-electron chi connectivity index (χ4n) is 2.09. The molecule has 6 heteroatoms. The second-order valence-corrected chi connectivity index (χ2v) is 6.37. The average Bonchev–Trinajstić information content (AvgIpc) is 2.34. The summed E-state index contributed by atoms with van der Waals surface area (Å²) in [4.78, 5) is 13.0. The lowest BCUT2D eigenvalue weighted by Crippen LogP contribution is -2.45. The number of ether oxygens (including phenoxy) is 1. The van der Waals surface area contributed by atoms with Gasteiger partial charge >= 0.3 is 6.09 Å². The van der Waals surface area contributed by atoms with Gasteiger partial charge in [0.15, 0.2) is 0 Å². The predicted octanol–water partition coefficient (Wildman–Crippen LogP) is 2.62. The monoisotopic (exact) mass is 278 g/mol. The molecule has 0 saturated carbocycles. The topological polar surface area (TPSA) is 55.6 Å². The third-order valence-electron chi connectivity index (χ3n) is 3.15. The van der Waals surface area contributed by atoms with Crippen molar-refractivity contribution in [3.05, 3.63) is 0 Å². The van der Waals surface area contributed by atoms with Crippen LogP contribution in [0.25, 0.3) is 0 Å². The van der Waals surface area contributed by atoms with Gasteiger partial charge in [-0.3, -0.25) is 0 Å². The Morgan fingerprint density at radius 2 is 2.05 bits per heavy atom. The minimum atomic E-state index is -2.87. The fraction of sp³-hybridized carbons (Fsp3) is 0.923. The van der Waals surface area contributed by atoms with Crippen molar-refractivity contribution < 1.29 is 18.3 Å². The lowest BCUT2D eigenvalue weighted by molar-refractivity contribution is -0.0389. The van der Waals surface area contributed by atoms with E-state index in [2.05, 4.69) is 0 Å². The first-order chi connectivity index (χ1) is 8.50. The Balaban J connectivity index is 2.80. The van der Waals surface area contributed by atoms with E-state index in [9.17, 15) is 13.6 Å². The standard InChI is InChI=1S/C13H24F2N2O2/c1-9(16)10-5-6-13(14,15)8-17(7-10)11(18)19-12(2,3)4/h9-10H,5-8,16H2,1-4H3/t9?,10-/m0/s1. The number of hydrogen-bond acceptors (Lipinski definition) is 3. The minimum Gasteiger partial charge on any atom is -0.444 e. The molecular weight excluding hydrogens is 254 g/mol. The lowest BCUT2D eigenvalue weighted by Gasteiger charge is -2.30. The fourth-order valence-corrected chi connectivity index (χ4v) is 2.09. The van der Waals surface area contributed by atoms with Gasteiger partial charge < -0.3 is 15.4 Å². The Morgan fingerprint density at radius 1 is 1.47 bits per heavy atom. The molecular formula is C13H24F2N2O2. The number of rotatable bonds is 1. The number of hydrogen-bond donors (Lipinski definition) is 1. The maximum absolute atomic E-state index is 13.7. The van der Waals surface area contributed by atoms with Crippen LogP contribution in [-0.4, -0.2) is 41.6 Å². The van der Waals surface area contributed by atoms with Crippen LogP contribution in [0.4, 0.5) is 13.6 Å². The van der Waals surface area contributed by atoms with E-state index in [-0.39, 0.29) is 24.9 Å². The van der Waals surface area contributed by atoms with Crippen molar-refractivity contribution in [1.29, 1.82) is 0 Å². The average molecular weight is 278 g/mol. The second-order valence-electron chi connectivity index (χ2n) is 6.37. The first-order valence-electron chi connectivity index (χ1n) is 6.61. The van der Waals surface area contributed by atoms with Gasteiger partial charge in [0.1, 0.15) is 5.60 Å². The van der Waals surface area contributed by atoms with E-state index in [0.29, 0.717) is 6.42 Å². The molecule has 0 aromatic carbocycles. The Labute approximate surface area is 113 Å². The molecule has 1 unspecified atom stereocenters. The largest absolute Gasteiger partial charge is 0.444 e. The number of nitrogens with two attached hydrogens (primary N) is 1. The van der Waals surface area contributed by atoms with Crippen LogP contribution in [0.1, 0.15) is 40.5 Å². The van der Waals surface area contributed by atoms with E-state index >= 15 is 0 Å². The van der Waals surface area contributed by atoms with Crippen LogP contribution in [0, 0.1) is 5.92 Å². The van der Waals surface area contributed by atoms with Crippen molar-refractivity contribution in [2.45, 2.75) is 58.1 Å². The van der Waals surface area contributed by atoms with E-state index in [0.717, 1.165) is 4.90 Å². The van der Waals surface area contributed by atoms with Gasteiger partial charge in [0.05, 0.1) is 6.54 Å². The zero-order chi connectivity index (χ0) is 14.8. The molecule has 1 fully saturated rings. The van der Waals surface area contributed by atoms with Gasteiger partial charge in [0.25, 0.3) is 5.92 Å². The number of likely N-dealkylation sites (tertiary alicyclic amines) is 1. The molecule has 0 aromatic heterocycles. The third kappa shape index (κ3) is 5.30. The number of carbonyl (C=O) groups is 1. The zero-order valence-electron chi connectivity index (χ0n) is 12.1. The normalized spacial score (nSPS) is 25.6. The molecule has 0 aromatic rings. The maximum Gasteiger partial charge on any atom is 0.410 e. The molecule has 2 N–H and O–H groups in total. The summed E-state index contributed by atoms with van der Waals surface area (Å²) < 4.78 is 32.5. The third-order valence-corrected chi connectivity index (χ3v) is 3.15. The summed E-state index contributed by atoms with van der Waals surface area (Å²) in [6, 6.07) is -0.223. The smallest absolute Gasteiger partial charge is 0.410 e. The van der Waals surface area contributed by atoms with Gasteiger partial charge in [0.2, 0.25) is 0 Å². The number of nitrogens with zero attached hydrogens (tertiary/aromatic N) is 1. The van der Waals surface area contributed by atoms with Crippen molar-refractivity contribution >= 4 is 6.09 Å². The Hall–Kier alpha value is -0.910. The Bertz CT molecular complexity index is 327. The van der Waals surface area contributed by atoms with Crippen LogP contribution < -0.4 is 5.73 Å². The Morgan fingerprint density at radius 3 is 2.53 bits per heavy atom. The van der Waals surface area contributed by atoms with E-state index in [1.54, 1.807) is 27.7 Å². The molecule has 1 aliphatic heterocycles. The van der Waals surface area contributed by atoms with Gasteiger partial charge in [-0.05, 0) is 40.0 Å². The number of amides is 1. The Kier molecular flexibility index (Phi) is 4.76. The predicted molar refractivity (Wildman–Crippen MR) is 69.1 cm³/mol. The molecule has 1 aliphatic rings. The first-order valence-corrected chi connectivity index (χ1v) is 6.61. The SMILES string of the molecule is CC(N)[C@H]1CCC(F)(F)CN(C(=O)OC(C)(C)C)C1. The molecule has 0 spiro atoms. The highest BCUT2D eigenvalue weighted by Gasteiger charge is 2.40. The molecule has 19 heavy (non-hydrogen) atoms. The highest BCUT2D eigenvalue weighted by Crippen LogP contribution is 2.30. The van der Waals surface area contributed by atoms with E-state index in [1.807, 2.05) is 0 Å². The lowest BCUT2D eigenvalue weighted by atomic mass is 9.96. The highest BCUT2D eigenvalue weighted by atomic mass is 19.3. The number of halogens is 2. The van der Waals surface area contributed by atoms with Crippen molar-refractivity contribution in [1.82, 2.24) is 4.90 Å². The van der Waals surface area contributed by atoms with Crippen molar-refractivity contribution in [2.24, 2.45) is 11.7 Å².